The zero-order chi connectivity index (χ0) is 26.0. The molecule has 0 spiro atoms. The van der Waals surface area contributed by atoms with Crippen molar-refractivity contribution in [1.82, 2.24) is 24.6 Å². The molecule has 10 heteroatoms. The van der Waals surface area contributed by atoms with E-state index in [1.165, 1.54) is 25.0 Å². The molecule has 2 fully saturated rings. The zero-order valence-corrected chi connectivity index (χ0v) is 20.6. The van der Waals surface area contributed by atoms with Crippen LogP contribution in [0.25, 0.3) is 10.9 Å². The van der Waals surface area contributed by atoms with Gasteiger partial charge in [0, 0.05) is 37.6 Å². The van der Waals surface area contributed by atoms with E-state index in [9.17, 15) is 22.8 Å². The van der Waals surface area contributed by atoms with E-state index in [4.69, 9.17) is 0 Å². The van der Waals surface area contributed by atoms with Crippen LogP contribution in [0.15, 0.2) is 42.6 Å². The first kappa shape index (κ1) is 25.4. The van der Waals surface area contributed by atoms with Crippen LogP contribution in [0, 0.1) is 5.92 Å². The number of ketones is 1. The van der Waals surface area contributed by atoms with Gasteiger partial charge in [0.2, 0.25) is 5.91 Å². The van der Waals surface area contributed by atoms with Gasteiger partial charge in [-0.05, 0) is 74.5 Å². The number of carbonyl (C=O) groups is 2. The highest BCUT2D eigenvalue weighted by Gasteiger charge is 2.33. The Balaban J connectivity index is 1.21. The van der Waals surface area contributed by atoms with Gasteiger partial charge in [0.25, 0.3) is 0 Å². The van der Waals surface area contributed by atoms with Crippen LogP contribution in [0.2, 0.25) is 0 Å². The fraction of sp³-hybridized carbons (Fsp3) is 0.481. The molecule has 37 heavy (non-hydrogen) atoms. The number of Topliss-reactive ketones (excluding diaryl/α,β-unsaturated/α-hetero) is 1. The van der Waals surface area contributed by atoms with E-state index in [1.54, 1.807) is 29.1 Å². The van der Waals surface area contributed by atoms with Gasteiger partial charge in [-0.15, -0.1) is 0 Å². The van der Waals surface area contributed by atoms with Crippen LogP contribution in [0.3, 0.4) is 0 Å². The summed E-state index contributed by atoms with van der Waals surface area (Å²) in [7, 11) is 0. The second kappa shape index (κ2) is 10.6. The van der Waals surface area contributed by atoms with Gasteiger partial charge < -0.3 is 9.80 Å². The van der Waals surface area contributed by atoms with Crippen molar-refractivity contribution in [3.8, 4) is 0 Å². The summed E-state index contributed by atoms with van der Waals surface area (Å²) in [5.74, 6) is 0.0606. The lowest BCUT2D eigenvalue weighted by molar-refractivity contribution is -0.141. The molecule has 0 unspecified atom stereocenters. The van der Waals surface area contributed by atoms with Crippen molar-refractivity contribution < 1.29 is 22.8 Å². The summed E-state index contributed by atoms with van der Waals surface area (Å²) >= 11 is 0. The molecule has 2 aliphatic heterocycles. The Bertz CT molecular complexity index is 1280. The van der Waals surface area contributed by atoms with E-state index >= 15 is 0 Å². The number of piperidine rings is 1. The molecule has 0 radical (unpaired) electrons. The highest BCUT2D eigenvalue weighted by atomic mass is 19.4. The summed E-state index contributed by atoms with van der Waals surface area (Å²) in [5, 5.41) is 5.27. The first-order valence-corrected chi connectivity index (χ1v) is 12.8. The summed E-state index contributed by atoms with van der Waals surface area (Å²) in [6.07, 6.45) is 1.79. The highest BCUT2D eigenvalue weighted by Crippen LogP contribution is 2.27. The van der Waals surface area contributed by atoms with Gasteiger partial charge in [-0.1, -0.05) is 12.1 Å². The van der Waals surface area contributed by atoms with Crippen LogP contribution in [0.4, 0.5) is 13.2 Å². The average molecular weight is 514 g/mol. The van der Waals surface area contributed by atoms with E-state index in [2.05, 4.69) is 15.0 Å². The fourth-order valence-corrected chi connectivity index (χ4v) is 5.35. The van der Waals surface area contributed by atoms with Gasteiger partial charge >= 0.3 is 6.18 Å². The third-order valence-electron chi connectivity index (χ3n) is 7.19. The third-order valence-corrected chi connectivity index (χ3v) is 7.19. The molecular weight excluding hydrogens is 483 g/mol. The topological polar surface area (TPSA) is 71.3 Å². The van der Waals surface area contributed by atoms with Gasteiger partial charge in [0.1, 0.15) is 17.9 Å². The number of hydrogen-bond donors (Lipinski definition) is 0. The van der Waals surface area contributed by atoms with Gasteiger partial charge in [-0.25, -0.2) is 4.98 Å². The molecule has 2 saturated heterocycles. The Morgan fingerprint density at radius 2 is 1.84 bits per heavy atom. The average Bonchev–Trinajstić information content (AvgIpc) is 3.53. The molecule has 196 valence electrons. The predicted octanol–water partition coefficient (Wildman–Crippen LogP) is 4.21. The minimum atomic E-state index is -4.61. The maximum Gasteiger partial charge on any atom is 0.433 e. The number of benzene rings is 1. The van der Waals surface area contributed by atoms with Gasteiger partial charge in [0.15, 0.2) is 5.78 Å². The lowest BCUT2D eigenvalue weighted by atomic mass is 9.97. The summed E-state index contributed by atoms with van der Waals surface area (Å²) in [6.45, 7) is 5.08. The summed E-state index contributed by atoms with van der Waals surface area (Å²) < 4.78 is 40.4. The second-order valence-corrected chi connectivity index (χ2v) is 10.1. The standard InChI is InChI=1S/C27H30F3N5O2/c28-27(29,30)25-7-3-6-23(31-25)24(36)14-19-8-9-22-21(13-19)17-35(32-22)18-26(37)34-12-4-5-20(16-34)15-33-10-1-2-11-33/h3,6-9,13,17,20H,1-2,4-5,10-12,14-16,18H2/t20-/m1/s1. The van der Waals surface area contributed by atoms with Crippen LogP contribution >= 0.6 is 0 Å². The third kappa shape index (κ3) is 6.18. The molecule has 1 amide bonds. The lowest BCUT2D eigenvalue weighted by Crippen LogP contribution is -2.44. The number of halogens is 3. The summed E-state index contributed by atoms with van der Waals surface area (Å²) in [4.78, 5) is 33.5. The number of nitrogens with zero attached hydrogens (tertiary/aromatic N) is 5. The maximum absolute atomic E-state index is 13.0. The second-order valence-electron chi connectivity index (χ2n) is 10.1. The van der Waals surface area contributed by atoms with E-state index in [0.717, 1.165) is 57.0 Å². The zero-order valence-electron chi connectivity index (χ0n) is 20.6. The van der Waals surface area contributed by atoms with Crippen LogP contribution in [0.5, 0.6) is 0 Å². The number of amides is 1. The van der Waals surface area contributed by atoms with Crippen molar-refractivity contribution in [3.05, 3.63) is 59.5 Å². The SMILES string of the molecule is O=C(Cc1ccc2nn(CC(=O)N3CCC[C@H](CN4CCCC4)C3)cc2c1)c1cccc(C(F)(F)F)n1. The Labute approximate surface area is 213 Å². The number of rotatable bonds is 7. The van der Waals surface area contributed by atoms with Crippen LogP contribution in [-0.4, -0.2) is 69.0 Å². The maximum atomic E-state index is 13.0. The molecule has 0 aliphatic carbocycles. The number of fused-ring (bicyclic) bond motifs is 1. The molecule has 1 aromatic carbocycles. The Morgan fingerprint density at radius 1 is 1.03 bits per heavy atom. The van der Waals surface area contributed by atoms with Crippen LogP contribution in [-0.2, 0) is 23.9 Å². The largest absolute Gasteiger partial charge is 0.433 e. The molecule has 4 heterocycles. The highest BCUT2D eigenvalue weighted by molar-refractivity contribution is 5.96. The van der Waals surface area contributed by atoms with E-state index < -0.39 is 17.7 Å². The molecule has 2 aliphatic rings. The Kier molecular flexibility index (Phi) is 7.28. The van der Waals surface area contributed by atoms with Crippen molar-refractivity contribution in [2.75, 3.05) is 32.7 Å². The van der Waals surface area contributed by atoms with Gasteiger partial charge in [0.05, 0.1) is 5.52 Å². The molecule has 5 rings (SSSR count). The predicted molar refractivity (Wildman–Crippen MR) is 132 cm³/mol. The van der Waals surface area contributed by atoms with Crippen molar-refractivity contribution in [1.29, 1.82) is 0 Å². The minimum Gasteiger partial charge on any atom is -0.341 e. The molecule has 1 atom stereocenters. The quantitative estimate of drug-likeness (QED) is 0.443. The van der Waals surface area contributed by atoms with Crippen molar-refractivity contribution in [2.24, 2.45) is 5.92 Å². The smallest absolute Gasteiger partial charge is 0.341 e. The molecular formula is C27H30F3N5O2. The Morgan fingerprint density at radius 3 is 2.62 bits per heavy atom. The first-order valence-electron chi connectivity index (χ1n) is 12.8. The molecule has 0 saturated carbocycles. The van der Waals surface area contributed by atoms with E-state index in [0.29, 0.717) is 17.0 Å². The normalized spacial score (nSPS) is 19.0. The lowest BCUT2D eigenvalue weighted by Gasteiger charge is -2.34. The molecule has 0 bridgehead atoms. The first-order chi connectivity index (χ1) is 17.7. The van der Waals surface area contributed by atoms with E-state index in [1.807, 2.05) is 4.90 Å². The molecule has 3 aromatic rings. The monoisotopic (exact) mass is 513 g/mol. The van der Waals surface area contributed by atoms with Crippen LogP contribution < -0.4 is 0 Å². The van der Waals surface area contributed by atoms with Crippen LogP contribution in [0.1, 0.15) is 47.4 Å². The summed E-state index contributed by atoms with van der Waals surface area (Å²) in [6, 6.07) is 8.57. The van der Waals surface area contributed by atoms with Crippen molar-refractivity contribution in [3.63, 3.8) is 0 Å². The molecule has 2 aromatic heterocycles. The number of aromatic nitrogens is 3. The molecule has 0 N–H and O–H groups in total. The Hall–Kier alpha value is -3.27. The number of carbonyl (C=O) groups excluding carboxylic acids is 2. The van der Waals surface area contributed by atoms with Crippen molar-refractivity contribution in [2.45, 2.75) is 44.8 Å². The van der Waals surface area contributed by atoms with E-state index in [-0.39, 0.29) is 24.6 Å². The fourth-order valence-electron chi connectivity index (χ4n) is 5.35. The van der Waals surface area contributed by atoms with Crippen molar-refractivity contribution >= 4 is 22.6 Å². The van der Waals surface area contributed by atoms with Gasteiger partial charge in [-0.3, -0.25) is 14.3 Å². The number of pyridine rings is 1. The van der Waals surface area contributed by atoms with Gasteiger partial charge in [-0.2, -0.15) is 18.3 Å². The number of likely N-dealkylation sites (tertiary alicyclic amines) is 2. The summed E-state index contributed by atoms with van der Waals surface area (Å²) in [5.41, 5.74) is 0.0201. The molecule has 7 nitrogen and oxygen atoms in total. The minimum absolute atomic E-state index is 0.0463. The number of alkyl halides is 3. The number of hydrogen-bond acceptors (Lipinski definition) is 5.